The van der Waals surface area contributed by atoms with E-state index in [9.17, 15) is 14.4 Å². The van der Waals surface area contributed by atoms with Crippen molar-refractivity contribution < 1.29 is 28.3 Å². The Labute approximate surface area is 206 Å². The van der Waals surface area contributed by atoms with Crippen LogP contribution in [-0.4, -0.2) is 31.0 Å². The van der Waals surface area contributed by atoms with E-state index in [-0.39, 0.29) is 23.3 Å². The van der Waals surface area contributed by atoms with Crippen LogP contribution < -0.4 is 10.1 Å². The molecule has 3 fully saturated rings. The fourth-order valence-electron chi connectivity index (χ4n) is 5.98. The maximum atomic E-state index is 13.4. The van der Waals surface area contributed by atoms with E-state index >= 15 is 0 Å². The van der Waals surface area contributed by atoms with Gasteiger partial charge in [0.05, 0.1) is 12.7 Å². The Kier molecular flexibility index (Phi) is 7.33. The van der Waals surface area contributed by atoms with E-state index in [0.717, 1.165) is 38.5 Å². The first-order valence-corrected chi connectivity index (χ1v) is 12.5. The third-order valence-electron chi connectivity index (χ3n) is 8.07. The highest BCUT2D eigenvalue weighted by atomic mass is 16.5. The Bertz CT molecular complexity index is 1130. The van der Waals surface area contributed by atoms with Crippen LogP contribution in [0.4, 0.5) is 0 Å². The minimum atomic E-state index is -0.411. The van der Waals surface area contributed by atoms with Gasteiger partial charge in [-0.2, -0.15) is 0 Å². The molecule has 35 heavy (non-hydrogen) atoms. The first-order chi connectivity index (χ1) is 16.7. The SMILES string of the molecule is COC(=O)C=CCCCC[C@H]1C[C@H]2C[C@@H]([C@@H]1NC(=O)c1coc3ccc(OC(C)=O)cc13)C2(C)C. The third kappa shape index (κ3) is 5.29. The Hall–Kier alpha value is -3.09. The summed E-state index contributed by atoms with van der Waals surface area (Å²) in [4.78, 5) is 36.0. The van der Waals surface area contributed by atoms with E-state index in [4.69, 9.17) is 9.15 Å². The van der Waals surface area contributed by atoms with Gasteiger partial charge in [0.1, 0.15) is 17.6 Å². The van der Waals surface area contributed by atoms with E-state index in [1.54, 1.807) is 18.2 Å². The predicted octanol–water partition coefficient (Wildman–Crippen LogP) is 5.43. The van der Waals surface area contributed by atoms with E-state index in [1.165, 1.54) is 26.4 Å². The zero-order valence-electron chi connectivity index (χ0n) is 21.0. The van der Waals surface area contributed by atoms with Crippen LogP contribution in [-0.2, 0) is 14.3 Å². The van der Waals surface area contributed by atoms with Gasteiger partial charge in [0.25, 0.3) is 5.91 Å². The summed E-state index contributed by atoms with van der Waals surface area (Å²) in [6.07, 6.45) is 11.0. The molecule has 5 rings (SSSR count). The molecule has 1 N–H and O–H groups in total. The summed E-state index contributed by atoms with van der Waals surface area (Å²) < 4.78 is 15.4. The molecule has 0 aliphatic heterocycles. The number of esters is 2. The highest BCUT2D eigenvalue weighted by Crippen LogP contribution is 2.61. The molecule has 2 aromatic rings. The maximum Gasteiger partial charge on any atom is 0.330 e. The molecule has 7 heteroatoms. The Morgan fingerprint density at radius 3 is 2.71 bits per heavy atom. The number of unbranched alkanes of at least 4 members (excludes halogenated alkanes) is 2. The van der Waals surface area contributed by atoms with Crippen molar-refractivity contribution in [2.24, 2.45) is 23.2 Å². The lowest BCUT2D eigenvalue weighted by Crippen LogP contribution is -2.63. The minimum Gasteiger partial charge on any atom is -0.466 e. The molecule has 0 unspecified atom stereocenters. The van der Waals surface area contributed by atoms with Crippen molar-refractivity contribution in [2.45, 2.75) is 65.3 Å². The Morgan fingerprint density at radius 2 is 2.00 bits per heavy atom. The summed E-state index contributed by atoms with van der Waals surface area (Å²) in [6.45, 7) is 5.98. The van der Waals surface area contributed by atoms with Gasteiger partial charge in [-0.3, -0.25) is 9.59 Å². The Balaban J connectivity index is 1.44. The molecular weight excluding hydrogens is 446 g/mol. The molecule has 1 heterocycles. The van der Waals surface area contributed by atoms with Gasteiger partial charge in [-0.25, -0.2) is 4.79 Å². The molecule has 7 nitrogen and oxygen atoms in total. The minimum absolute atomic E-state index is 0.106. The van der Waals surface area contributed by atoms with Crippen molar-refractivity contribution in [1.82, 2.24) is 5.32 Å². The average molecular weight is 482 g/mol. The van der Waals surface area contributed by atoms with Gasteiger partial charge in [-0.15, -0.1) is 0 Å². The van der Waals surface area contributed by atoms with Gasteiger partial charge in [-0.05, 0) is 73.5 Å². The normalized spacial score (nSPS) is 24.7. The largest absolute Gasteiger partial charge is 0.466 e. The average Bonchev–Trinajstić information content (AvgIpc) is 3.24. The van der Waals surface area contributed by atoms with Crippen molar-refractivity contribution in [3.05, 3.63) is 42.2 Å². The topological polar surface area (TPSA) is 94.8 Å². The number of allylic oxidation sites excluding steroid dienone is 1. The van der Waals surface area contributed by atoms with Crippen LogP contribution in [0.15, 0.2) is 41.0 Å². The standard InChI is InChI=1S/C28H35NO6/c1-17(30)35-20-11-12-24-21(15-20)22(16-34-24)27(32)29-26-18(13-19-14-23(26)28(19,2)3)9-7-5-6-8-10-25(31)33-4/h8,10-12,15-16,18-19,23,26H,5-7,9,13-14H2,1-4H3,(H,29,32)/t18-,19-,23-,26+/m0/s1. The Morgan fingerprint density at radius 1 is 1.20 bits per heavy atom. The van der Waals surface area contributed by atoms with Gasteiger partial charge in [-0.1, -0.05) is 26.3 Å². The van der Waals surface area contributed by atoms with E-state index in [1.807, 2.05) is 6.08 Å². The van der Waals surface area contributed by atoms with Crippen LogP contribution in [0.2, 0.25) is 0 Å². The molecule has 3 aliphatic rings. The number of benzene rings is 1. The number of rotatable bonds is 9. The third-order valence-corrected chi connectivity index (χ3v) is 8.07. The fourth-order valence-corrected chi connectivity index (χ4v) is 5.98. The second-order valence-electron chi connectivity index (χ2n) is 10.5. The molecule has 1 aromatic heterocycles. The van der Waals surface area contributed by atoms with Crippen LogP contribution in [0.5, 0.6) is 5.75 Å². The van der Waals surface area contributed by atoms with Crippen LogP contribution >= 0.6 is 0 Å². The number of carbonyl (C=O) groups is 3. The molecule has 0 spiro atoms. The van der Waals surface area contributed by atoms with Crippen molar-refractivity contribution in [1.29, 1.82) is 0 Å². The van der Waals surface area contributed by atoms with Crippen molar-refractivity contribution in [3.8, 4) is 5.75 Å². The smallest absolute Gasteiger partial charge is 0.330 e. The summed E-state index contributed by atoms with van der Waals surface area (Å²) in [5.74, 6) is 1.08. The molecular formula is C28H35NO6. The summed E-state index contributed by atoms with van der Waals surface area (Å²) in [6, 6.07) is 5.15. The summed E-state index contributed by atoms with van der Waals surface area (Å²) in [7, 11) is 1.38. The lowest BCUT2D eigenvalue weighted by atomic mass is 9.44. The number of ether oxygens (including phenoxy) is 2. The van der Waals surface area contributed by atoms with Crippen LogP contribution in [0, 0.1) is 23.2 Å². The highest BCUT2D eigenvalue weighted by Gasteiger charge is 2.57. The van der Waals surface area contributed by atoms with Gasteiger partial charge >= 0.3 is 11.9 Å². The van der Waals surface area contributed by atoms with Gasteiger partial charge in [0, 0.05) is 24.4 Å². The zero-order valence-corrected chi connectivity index (χ0v) is 21.0. The number of methoxy groups -OCH3 is 1. The van der Waals surface area contributed by atoms with E-state index in [2.05, 4.69) is 23.9 Å². The first-order valence-electron chi connectivity index (χ1n) is 12.5. The second kappa shape index (κ2) is 10.3. The summed E-state index contributed by atoms with van der Waals surface area (Å²) in [5, 5.41) is 4.00. The zero-order chi connectivity index (χ0) is 25.2. The van der Waals surface area contributed by atoms with Crippen molar-refractivity contribution in [2.75, 3.05) is 7.11 Å². The number of nitrogens with one attached hydrogen (secondary N) is 1. The van der Waals surface area contributed by atoms with Crippen LogP contribution in [0.25, 0.3) is 11.0 Å². The quantitative estimate of drug-likeness (QED) is 0.222. The number of fused-ring (bicyclic) bond motifs is 3. The number of amides is 1. The molecule has 3 saturated carbocycles. The highest BCUT2D eigenvalue weighted by molar-refractivity contribution is 6.06. The number of carbonyl (C=O) groups excluding carboxylic acids is 3. The molecule has 3 aliphatic carbocycles. The first kappa shape index (κ1) is 25.0. The van der Waals surface area contributed by atoms with Crippen molar-refractivity contribution >= 4 is 28.8 Å². The predicted molar refractivity (Wildman–Crippen MR) is 132 cm³/mol. The number of hydrogen-bond acceptors (Lipinski definition) is 6. The summed E-state index contributed by atoms with van der Waals surface area (Å²) in [5.41, 5.74) is 1.26. The number of furan rings is 1. The lowest BCUT2D eigenvalue weighted by molar-refractivity contribution is -0.135. The molecule has 1 amide bonds. The molecule has 1 aromatic carbocycles. The van der Waals surface area contributed by atoms with E-state index < -0.39 is 5.97 Å². The van der Waals surface area contributed by atoms with Gasteiger partial charge < -0.3 is 19.2 Å². The maximum absolute atomic E-state index is 13.4. The van der Waals surface area contributed by atoms with Crippen LogP contribution in [0.1, 0.15) is 69.7 Å². The summed E-state index contributed by atoms with van der Waals surface area (Å²) >= 11 is 0. The molecule has 188 valence electrons. The van der Waals surface area contributed by atoms with Gasteiger partial charge in [0.2, 0.25) is 0 Å². The van der Waals surface area contributed by atoms with Gasteiger partial charge in [0.15, 0.2) is 0 Å². The molecule has 0 radical (unpaired) electrons. The molecule has 4 atom stereocenters. The number of hydrogen-bond donors (Lipinski definition) is 1. The van der Waals surface area contributed by atoms with E-state index in [0.29, 0.717) is 40.0 Å². The molecule has 0 saturated heterocycles. The van der Waals surface area contributed by atoms with Crippen LogP contribution in [0.3, 0.4) is 0 Å². The monoisotopic (exact) mass is 481 g/mol. The second-order valence-corrected chi connectivity index (χ2v) is 10.5. The fraction of sp³-hybridized carbons (Fsp3) is 0.536. The molecule has 2 bridgehead atoms. The van der Waals surface area contributed by atoms with Crippen molar-refractivity contribution in [3.63, 3.8) is 0 Å². The lowest BCUT2D eigenvalue weighted by Gasteiger charge is -2.62.